The highest BCUT2D eigenvalue weighted by molar-refractivity contribution is 6.01. The van der Waals surface area contributed by atoms with Crippen LogP contribution in [0.2, 0.25) is 0 Å². The van der Waals surface area contributed by atoms with Gasteiger partial charge in [-0.25, -0.2) is 0 Å². The number of phenolic OH excluding ortho intramolecular Hbond substituents is 1. The first-order chi connectivity index (χ1) is 7.92. The van der Waals surface area contributed by atoms with E-state index in [9.17, 15) is 20.0 Å². The molecule has 0 aliphatic heterocycles. The maximum atomic E-state index is 11.6. The zero-order chi connectivity index (χ0) is 12.6. The molecule has 4 N–H and O–H groups in total. The van der Waals surface area contributed by atoms with Gasteiger partial charge in [-0.05, 0) is 18.9 Å². The summed E-state index contributed by atoms with van der Waals surface area (Å²) >= 11 is 0. The van der Waals surface area contributed by atoms with Crippen molar-refractivity contribution in [2.45, 2.75) is 18.4 Å². The van der Waals surface area contributed by atoms with Gasteiger partial charge in [0.05, 0.1) is 16.1 Å². The average Bonchev–Trinajstić information content (AvgIpc) is 3.00. The minimum atomic E-state index is -0.892. The number of hydrogen-bond donors (Lipinski definition) is 3. The molecule has 2 rings (SSSR count). The first-order valence-corrected chi connectivity index (χ1v) is 5.00. The van der Waals surface area contributed by atoms with Crippen molar-refractivity contribution in [1.82, 2.24) is 0 Å². The van der Waals surface area contributed by atoms with Crippen molar-refractivity contribution >= 4 is 29.7 Å². The average molecular weight is 274 g/mol. The predicted molar refractivity (Wildman–Crippen MR) is 66.8 cm³/mol. The summed E-state index contributed by atoms with van der Waals surface area (Å²) in [6.07, 6.45) is 1.16. The molecule has 1 aromatic rings. The number of carbonyl (C=O) groups is 1. The lowest BCUT2D eigenvalue weighted by atomic mass is 10.2. The fraction of sp³-hybridized carbons (Fsp3) is 0.300. The molecule has 1 aliphatic carbocycles. The van der Waals surface area contributed by atoms with Crippen molar-refractivity contribution in [3.8, 4) is 5.75 Å². The Hall–Kier alpha value is -1.86. The van der Waals surface area contributed by atoms with E-state index in [-0.39, 0.29) is 29.5 Å². The molecule has 0 bridgehead atoms. The van der Waals surface area contributed by atoms with Gasteiger partial charge in [-0.1, -0.05) is 0 Å². The monoisotopic (exact) mass is 273 g/mol. The molecule has 8 heteroatoms. The number of non-ortho nitro benzene ring substituents is 1. The molecule has 1 fully saturated rings. The summed E-state index contributed by atoms with van der Waals surface area (Å²) in [7, 11) is 0. The smallest absolute Gasteiger partial charge is 0.271 e. The topological polar surface area (TPSA) is 118 Å². The Bertz CT molecular complexity index is 502. The summed E-state index contributed by atoms with van der Waals surface area (Å²) < 4.78 is 0. The normalized spacial score (nSPS) is 15.4. The molecule has 1 saturated carbocycles. The zero-order valence-electron chi connectivity index (χ0n) is 9.25. The van der Waals surface area contributed by atoms with Crippen molar-refractivity contribution in [1.29, 1.82) is 0 Å². The number of benzene rings is 1. The molecule has 0 saturated heterocycles. The van der Waals surface area contributed by atoms with Crippen LogP contribution in [0.25, 0.3) is 0 Å². The number of rotatable bonds is 3. The molecule has 1 aliphatic rings. The van der Waals surface area contributed by atoms with Gasteiger partial charge in [-0.3, -0.25) is 14.9 Å². The molecule has 0 aromatic heterocycles. The second-order valence-corrected chi connectivity index (χ2v) is 4.07. The van der Waals surface area contributed by atoms with E-state index in [4.69, 9.17) is 5.73 Å². The number of nitrogens with two attached hydrogens (primary N) is 1. The lowest BCUT2D eigenvalue weighted by Crippen LogP contribution is -2.37. The molecule has 0 radical (unpaired) electrons. The minimum absolute atomic E-state index is 0. The number of nitro benzene ring substituents is 1. The van der Waals surface area contributed by atoms with E-state index in [2.05, 4.69) is 5.32 Å². The highest BCUT2D eigenvalue weighted by Gasteiger charge is 2.46. The van der Waals surface area contributed by atoms with Crippen LogP contribution in [-0.4, -0.2) is 21.5 Å². The third kappa shape index (κ3) is 2.69. The lowest BCUT2D eigenvalue weighted by Gasteiger charge is -2.10. The Kier molecular flexibility index (Phi) is 3.78. The molecule has 98 valence electrons. The molecular formula is C10H12ClN3O4. The zero-order valence-corrected chi connectivity index (χ0v) is 10.1. The Balaban J connectivity index is 0.00000162. The molecule has 0 atom stereocenters. The van der Waals surface area contributed by atoms with Gasteiger partial charge in [0, 0.05) is 12.1 Å². The number of halogens is 1. The lowest BCUT2D eigenvalue weighted by molar-refractivity contribution is -0.384. The Morgan fingerprint density at radius 1 is 1.50 bits per heavy atom. The molecule has 0 unspecified atom stereocenters. The van der Waals surface area contributed by atoms with Crippen LogP contribution >= 0.6 is 12.4 Å². The Labute approximate surface area is 109 Å². The maximum absolute atomic E-state index is 11.6. The van der Waals surface area contributed by atoms with E-state index >= 15 is 0 Å². The SMILES string of the molecule is Cl.NC1(C(=O)Nc2cc([N+](=O)[O-])ccc2O)CC1. The van der Waals surface area contributed by atoms with E-state index in [1.807, 2.05) is 0 Å². The summed E-state index contributed by atoms with van der Waals surface area (Å²) in [6, 6.07) is 3.41. The van der Waals surface area contributed by atoms with Crippen LogP contribution in [0.3, 0.4) is 0 Å². The number of hydrogen-bond acceptors (Lipinski definition) is 5. The Morgan fingerprint density at radius 3 is 2.61 bits per heavy atom. The van der Waals surface area contributed by atoms with Crippen LogP contribution in [0.1, 0.15) is 12.8 Å². The maximum Gasteiger partial charge on any atom is 0.271 e. The van der Waals surface area contributed by atoms with Gasteiger partial charge < -0.3 is 16.2 Å². The second kappa shape index (κ2) is 4.79. The first kappa shape index (κ1) is 14.2. The summed E-state index contributed by atoms with van der Waals surface area (Å²) in [5, 5.41) is 22.4. The number of aromatic hydroxyl groups is 1. The molecule has 1 amide bonds. The van der Waals surface area contributed by atoms with E-state index < -0.39 is 16.4 Å². The largest absolute Gasteiger partial charge is 0.506 e. The fourth-order valence-electron chi connectivity index (χ4n) is 1.35. The van der Waals surface area contributed by atoms with Gasteiger partial charge >= 0.3 is 0 Å². The number of anilines is 1. The van der Waals surface area contributed by atoms with Crippen LogP contribution in [0.5, 0.6) is 5.75 Å². The molecule has 0 spiro atoms. The number of phenols is 1. The van der Waals surface area contributed by atoms with Crippen LogP contribution < -0.4 is 11.1 Å². The van der Waals surface area contributed by atoms with Gasteiger partial charge in [0.25, 0.3) is 5.69 Å². The summed E-state index contributed by atoms with van der Waals surface area (Å²) in [5.74, 6) is -0.665. The van der Waals surface area contributed by atoms with E-state index in [0.29, 0.717) is 12.8 Å². The van der Waals surface area contributed by atoms with Crippen molar-refractivity contribution in [3.05, 3.63) is 28.3 Å². The van der Waals surface area contributed by atoms with Gasteiger partial charge in [0.1, 0.15) is 5.75 Å². The fourth-order valence-corrected chi connectivity index (χ4v) is 1.35. The van der Waals surface area contributed by atoms with E-state index in [1.54, 1.807) is 0 Å². The van der Waals surface area contributed by atoms with Crippen molar-refractivity contribution < 1.29 is 14.8 Å². The third-order valence-electron chi connectivity index (χ3n) is 2.68. The van der Waals surface area contributed by atoms with Gasteiger partial charge in [-0.2, -0.15) is 0 Å². The van der Waals surface area contributed by atoms with Crippen LogP contribution in [0, 0.1) is 10.1 Å². The van der Waals surface area contributed by atoms with Crippen molar-refractivity contribution in [2.75, 3.05) is 5.32 Å². The standard InChI is InChI=1S/C10H11N3O4.ClH/c11-10(3-4-10)9(15)12-7-5-6(13(16)17)1-2-8(7)14;/h1-2,5,14H,3-4,11H2,(H,12,15);1H. The van der Waals surface area contributed by atoms with Gasteiger partial charge in [0.2, 0.25) is 5.91 Å². The molecule has 1 aromatic carbocycles. The van der Waals surface area contributed by atoms with E-state index in [1.165, 1.54) is 0 Å². The van der Waals surface area contributed by atoms with Crippen LogP contribution in [-0.2, 0) is 4.79 Å². The molecular weight excluding hydrogens is 262 g/mol. The van der Waals surface area contributed by atoms with E-state index in [0.717, 1.165) is 18.2 Å². The number of nitro groups is 1. The minimum Gasteiger partial charge on any atom is -0.506 e. The summed E-state index contributed by atoms with van der Waals surface area (Å²) in [5.41, 5.74) is 4.56. The first-order valence-electron chi connectivity index (χ1n) is 5.00. The highest BCUT2D eigenvalue weighted by Crippen LogP contribution is 2.35. The second-order valence-electron chi connectivity index (χ2n) is 4.07. The quantitative estimate of drug-likeness (QED) is 0.434. The Morgan fingerprint density at radius 2 is 2.11 bits per heavy atom. The number of amides is 1. The van der Waals surface area contributed by atoms with Gasteiger partial charge in [0.15, 0.2) is 0 Å². The number of nitrogens with one attached hydrogen (secondary N) is 1. The third-order valence-corrected chi connectivity index (χ3v) is 2.68. The van der Waals surface area contributed by atoms with Crippen molar-refractivity contribution in [3.63, 3.8) is 0 Å². The van der Waals surface area contributed by atoms with Crippen molar-refractivity contribution in [2.24, 2.45) is 5.73 Å². The van der Waals surface area contributed by atoms with Crippen LogP contribution in [0.15, 0.2) is 18.2 Å². The summed E-state index contributed by atoms with van der Waals surface area (Å²) in [4.78, 5) is 21.6. The molecule has 18 heavy (non-hydrogen) atoms. The number of carbonyl (C=O) groups excluding carboxylic acids is 1. The van der Waals surface area contributed by atoms with Gasteiger partial charge in [-0.15, -0.1) is 12.4 Å². The van der Waals surface area contributed by atoms with Crippen LogP contribution in [0.4, 0.5) is 11.4 Å². The molecule has 7 nitrogen and oxygen atoms in total. The predicted octanol–water partition coefficient (Wildman–Crippen LogP) is 1.15. The highest BCUT2D eigenvalue weighted by atomic mass is 35.5. The summed E-state index contributed by atoms with van der Waals surface area (Å²) in [6.45, 7) is 0. The number of nitrogens with zero attached hydrogens (tertiary/aromatic N) is 1. The molecule has 0 heterocycles.